The number of carbonyl (C=O) groups excluding carboxylic acids is 1. The molecule has 0 radical (unpaired) electrons. The molecule has 2 aromatic carbocycles. The molecule has 1 amide bonds. The van der Waals surface area contributed by atoms with Crippen LogP contribution in [-0.4, -0.2) is 65.0 Å². The van der Waals surface area contributed by atoms with Gasteiger partial charge in [0.2, 0.25) is 0 Å². The molecule has 0 saturated carbocycles. The summed E-state index contributed by atoms with van der Waals surface area (Å²) in [6.45, 7) is 9.54. The number of amides is 1. The Hall–Kier alpha value is -3.30. The Morgan fingerprint density at radius 1 is 1.05 bits per heavy atom. The summed E-state index contributed by atoms with van der Waals surface area (Å²) >= 11 is 6.24. The van der Waals surface area contributed by atoms with E-state index in [0.29, 0.717) is 60.3 Å². The zero-order valence-electron chi connectivity index (χ0n) is 23.1. The van der Waals surface area contributed by atoms with Crippen LogP contribution in [0.1, 0.15) is 39.2 Å². The molecular formula is C30H35ClFN3O5. The highest BCUT2D eigenvalue weighted by atomic mass is 35.5. The van der Waals surface area contributed by atoms with Crippen molar-refractivity contribution in [2.45, 2.75) is 58.3 Å². The van der Waals surface area contributed by atoms with E-state index in [1.54, 1.807) is 10.6 Å². The number of hydrogen-bond donors (Lipinski definition) is 0. The van der Waals surface area contributed by atoms with Crippen molar-refractivity contribution in [2.24, 2.45) is 0 Å². The van der Waals surface area contributed by atoms with Gasteiger partial charge in [-0.15, -0.1) is 0 Å². The molecule has 1 saturated heterocycles. The van der Waals surface area contributed by atoms with E-state index >= 15 is 0 Å². The van der Waals surface area contributed by atoms with E-state index in [2.05, 4.69) is 4.90 Å². The van der Waals surface area contributed by atoms with Crippen molar-refractivity contribution in [1.29, 1.82) is 0 Å². The lowest BCUT2D eigenvalue weighted by Gasteiger charge is -2.39. The zero-order valence-corrected chi connectivity index (χ0v) is 23.9. The highest BCUT2D eigenvalue weighted by Gasteiger charge is 2.31. The summed E-state index contributed by atoms with van der Waals surface area (Å²) in [6.07, 6.45) is 1.17. The maximum Gasteiger partial charge on any atom is 0.410 e. The van der Waals surface area contributed by atoms with E-state index in [1.165, 1.54) is 18.2 Å². The van der Waals surface area contributed by atoms with E-state index in [0.717, 1.165) is 31.5 Å². The fraction of sp³-hybridized carbons (Fsp3) is 0.467. The van der Waals surface area contributed by atoms with Gasteiger partial charge in [0.1, 0.15) is 24.6 Å². The van der Waals surface area contributed by atoms with Gasteiger partial charge >= 0.3 is 6.09 Å². The van der Waals surface area contributed by atoms with Crippen molar-refractivity contribution in [3.05, 3.63) is 69.2 Å². The van der Waals surface area contributed by atoms with Gasteiger partial charge in [-0.25, -0.2) is 9.18 Å². The molecule has 3 aromatic rings. The Bertz CT molecular complexity index is 1450. The molecule has 8 nitrogen and oxygen atoms in total. The number of fused-ring (bicyclic) bond motifs is 2. The van der Waals surface area contributed by atoms with E-state index < -0.39 is 11.4 Å². The van der Waals surface area contributed by atoms with Crippen LogP contribution in [0.25, 0.3) is 10.9 Å². The molecule has 40 heavy (non-hydrogen) atoms. The van der Waals surface area contributed by atoms with Crippen LogP contribution >= 0.6 is 11.6 Å². The maximum atomic E-state index is 14.0. The molecule has 0 N–H and O–H groups in total. The Morgan fingerprint density at radius 2 is 1.77 bits per heavy atom. The molecular weight excluding hydrogens is 537 g/mol. The van der Waals surface area contributed by atoms with Crippen molar-refractivity contribution >= 4 is 28.6 Å². The molecule has 214 valence electrons. The van der Waals surface area contributed by atoms with Crippen molar-refractivity contribution in [2.75, 3.05) is 32.8 Å². The van der Waals surface area contributed by atoms with Gasteiger partial charge in [-0.1, -0.05) is 17.7 Å². The number of hydrogen-bond acceptors (Lipinski definition) is 6. The first kappa shape index (κ1) is 28.2. The molecule has 0 unspecified atom stereocenters. The average molecular weight is 572 g/mol. The Kier molecular flexibility index (Phi) is 8.24. The minimum Gasteiger partial charge on any atom is -0.486 e. The summed E-state index contributed by atoms with van der Waals surface area (Å²) in [5, 5.41) is 0.964. The smallest absolute Gasteiger partial charge is 0.410 e. The predicted molar refractivity (Wildman–Crippen MR) is 152 cm³/mol. The molecule has 0 atom stereocenters. The van der Waals surface area contributed by atoms with E-state index in [4.69, 9.17) is 25.8 Å². The summed E-state index contributed by atoms with van der Waals surface area (Å²) in [4.78, 5) is 30.1. The van der Waals surface area contributed by atoms with Gasteiger partial charge < -0.3 is 28.6 Å². The summed E-state index contributed by atoms with van der Waals surface area (Å²) in [7, 11) is 0. The number of aromatic nitrogens is 1. The second-order valence-electron chi connectivity index (χ2n) is 11.3. The molecule has 5 rings (SSSR count). The third kappa shape index (κ3) is 6.53. The minimum atomic E-state index is -0.614. The van der Waals surface area contributed by atoms with Crippen molar-refractivity contribution in [3.8, 4) is 11.5 Å². The predicted octanol–water partition coefficient (Wildman–Crippen LogP) is 5.47. The number of nitrogens with zero attached hydrogens (tertiary/aromatic N) is 3. The van der Waals surface area contributed by atoms with Gasteiger partial charge in [0.05, 0.1) is 10.5 Å². The summed E-state index contributed by atoms with van der Waals surface area (Å²) < 4.78 is 32.7. The lowest BCUT2D eigenvalue weighted by molar-refractivity contribution is 0.00562. The second-order valence-corrected chi connectivity index (χ2v) is 11.7. The molecule has 2 aliphatic heterocycles. The number of benzene rings is 2. The first-order valence-electron chi connectivity index (χ1n) is 13.7. The van der Waals surface area contributed by atoms with Gasteiger partial charge in [-0.2, -0.15) is 0 Å². The van der Waals surface area contributed by atoms with Crippen LogP contribution in [0.5, 0.6) is 11.5 Å². The second kappa shape index (κ2) is 11.7. The number of pyridine rings is 1. The fourth-order valence-corrected chi connectivity index (χ4v) is 5.54. The standard InChI is InChI=1S/C30H35ClFN3O5/c1-30(2,3)40-29(37)35(19-20-4-7-26-27(16-20)39-15-14-38-26)22-8-10-33(11-9-22)12-13-34-25-17-21(32)5-6-23(25)24(31)18-28(34)36/h4-7,16-18,22H,8-15,19H2,1-3H3. The quantitative estimate of drug-likeness (QED) is 0.391. The molecule has 0 aliphatic carbocycles. The first-order valence-corrected chi connectivity index (χ1v) is 14.0. The Balaban J connectivity index is 1.26. The third-order valence-electron chi connectivity index (χ3n) is 7.25. The van der Waals surface area contributed by atoms with Crippen LogP contribution in [0.2, 0.25) is 5.02 Å². The van der Waals surface area contributed by atoms with Crippen molar-refractivity contribution < 1.29 is 23.4 Å². The van der Waals surface area contributed by atoms with Gasteiger partial charge in [0.15, 0.2) is 11.5 Å². The van der Waals surface area contributed by atoms with E-state index in [1.807, 2.05) is 43.9 Å². The average Bonchev–Trinajstić information content (AvgIpc) is 2.91. The SMILES string of the molecule is CC(C)(C)OC(=O)N(Cc1ccc2c(c1)OCCO2)C1CCN(CCn2c(=O)cc(Cl)c3ccc(F)cc32)CC1. The van der Waals surface area contributed by atoms with E-state index in [-0.39, 0.29) is 17.7 Å². The fourth-order valence-electron chi connectivity index (χ4n) is 5.29. The molecule has 1 aromatic heterocycles. The first-order chi connectivity index (χ1) is 19.1. The van der Waals surface area contributed by atoms with Crippen LogP contribution < -0.4 is 15.0 Å². The van der Waals surface area contributed by atoms with Crippen LogP contribution in [0, 0.1) is 5.82 Å². The third-order valence-corrected chi connectivity index (χ3v) is 7.56. The minimum absolute atomic E-state index is 0.00696. The lowest BCUT2D eigenvalue weighted by atomic mass is 10.0. The molecule has 1 fully saturated rings. The summed E-state index contributed by atoms with van der Waals surface area (Å²) in [6, 6.07) is 11.4. The number of likely N-dealkylation sites (tertiary alicyclic amines) is 1. The largest absolute Gasteiger partial charge is 0.486 e. The maximum absolute atomic E-state index is 14.0. The topological polar surface area (TPSA) is 73.2 Å². The van der Waals surface area contributed by atoms with Crippen LogP contribution in [-0.2, 0) is 17.8 Å². The number of rotatable bonds is 6. The zero-order chi connectivity index (χ0) is 28.4. The number of carbonyl (C=O) groups is 1. The molecule has 3 heterocycles. The summed E-state index contributed by atoms with van der Waals surface area (Å²) in [5.74, 6) is 0.985. The molecule has 0 spiro atoms. The normalized spacial score (nSPS) is 16.2. The summed E-state index contributed by atoms with van der Waals surface area (Å²) in [5.41, 5.74) is 0.562. The Labute approximate surface area is 238 Å². The highest BCUT2D eigenvalue weighted by Crippen LogP contribution is 2.32. The van der Waals surface area contributed by atoms with Crippen LogP contribution in [0.15, 0.2) is 47.3 Å². The molecule has 0 bridgehead atoms. The monoisotopic (exact) mass is 571 g/mol. The van der Waals surface area contributed by atoms with Gasteiger partial charge in [-0.05, 0) is 69.5 Å². The van der Waals surface area contributed by atoms with Crippen LogP contribution in [0.3, 0.4) is 0 Å². The van der Waals surface area contributed by atoms with E-state index in [9.17, 15) is 14.0 Å². The van der Waals surface area contributed by atoms with Gasteiger partial charge in [0.25, 0.3) is 5.56 Å². The van der Waals surface area contributed by atoms with Gasteiger partial charge in [0, 0.05) is 50.2 Å². The van der Waals surface area contributed by atoms with Crippen LogP contribution in [0.4, 0.5) is 9.18 Å². The van der Waals surface area contributed by atoms with Crippen molar-refractivity contribution in [1.82, 2.24) is 14.4 Å². The number of ether oxygens (including phenoxy) is 3. The highest BCUT2D eigenvalue weighted by molar-refractivity contribution is 6.35. The van der Waals surface area contributed by atoms with Gasteiger partial charge in [-0.3, -0.25) is 4.79 Å². The van der Waals surface area contributed by atoms with Crippen molar-refractivity contribution in [3.63, 3.8) is 0 Å². The molecule has 2 aliphatic rings. The number of piperidine rings is 1. The lowest BCUT2D eigenvalue weighted by Crippen LogP contribution is -2.49. The molecule has 10 heteroatoms. The number of halogens is 2. The Morgan fingerprint density at radius 3 is 2.50 bits per heavy atom.